The lowest BCUT2D eigenvalue weighted by atomic mass is 10.2. The molecule has 0 heterocycles. The lowest BCUT2D eigenvalue weighted by Gasteiger charge is -2.15. The topological polar surface area (TPSA) is 75.3 Å². The largest absolute Gasteiger partial charge is 0.323 e. The maximum Gasteiger partial charge on any atom is 0.242 e. The first-order valence-electron chi connectivity index (χ1n) is 7.04. The molecule has 1 unspecified atom stereocenters. The maximum atomic E-state index is 12.3. The van der Waals surface area contributed by atoms with Crippen LogP contribution < -0.4 is 10.0 Å². The molecule has 0 aliphatic heterocycles. The van der Waals surface area contributed by atoms with Crippen LogP contribution in [0.25, 0.3) is 0 Å². The standard InChI is InChI=1S/C16H16Cl2N2O3S/c1-10-6-8-12(9-7-10)24(22,23)20-11(2)16(21)19-14-5-3-4-13(17)15(14)18/h3-9,11,20H,1-2H3,(H,19,21). The summed E-state index contributed by atoms with van der Waals surface area (Å²) in [6.45, 7) is 3.30. The van der Waals surface area contributed by atoms with E-state index in [1.165, 1.54) is 19.1 Å². The predicted octanol–water partition coefficient (Wildman–Crippen LogP) is 3.61. The van der Waals surface area contributed by atoms with Crippen LogP contribution in [0.15, 0.2) is 47.4 Å². The summed E-state index contributed by atoms with van der Waals surface area (Å²) >= 11 is 11.9. The minimum Gasteiger partial charge on any atom is -0.323 e. The molecule has 2 N–H and O–H groups in total. The lowest BCUT2D eigenvalue weighted by molar-refractivity contribution is -0.117. The second-order valence-corrected chi connectivity index (χ2v) is 7.75. The highest BCUT2D eigenvalue weighted by Crippen LogP contribution is 2.29. The molecule has 0 fully saturated rings. The summed E-state index contributed by atoms with van der Waals surface area (Å²) in [7, 11) is -3.80. The number of amides is 1. The third-order valence-corrected chi connectivity index (χ3v) is 5.64. The van der Waals surface area contributed by atoms with Crippen LogP contribution in [-0.2, 0) is 14.8 Å². The van der Waals surface area contributed by atoms with Gasteiger partial charge < -0.3 is 5.32 Å². The van der Waals surface area contributed by atoms with Crippen LogP contribution in [0.2, 0.25) is 10.0 Å². The van der Waals surface area contributed by atoms with Gasteiger partial charge >= 0.3 is 0 Å². The monoisotopic (exact) mass is 386 g/mol. The number of anilines is 1. The van der Waals surface area contributed by atoms with Crippen molar-refractivity contribution in [1.29, 1.82) is 0 Å². The van der Waals surface area contributed by atoms with Gasteiger partial charge in [0.1, 0.15) is 0 Å². The van der Waals surface area contributed by atoms with E-state index in [0.29, 0.717) is 10.7 Å². The van der Waals surface area contributed by atoms with Crippen molar-refractivity contribution in [2.24, 2.45) is 0 Å². The normalized spacial score (nSPS) is 12.7. The highest BCUT2D eigenvalue weighted by molar-refractivity contribution is 7.89. The zero-order chi connectivity index (χ0) is 17.9. The molecular weight excluding hydrogens is 371 g/mol. The van der Waals surface area contributed by atoms with Gasteiger partial charge in [-0.05, 0) is 38.1 Å². The molecule has 2 rings (SSSR count). The lowest BCUT2D eigenvalue weighted by Crippen LogP contribution is -2.41. The Morgan fingerprint density at radius 3 is 2.33 bits per heavy atom. The van der Waals surface area contributed by atoms with Gasteiger partial charge in [-0.25, -0.2) is 8.42 Å². The molecular formula is C16H16Cl2N2O3S. The van der Waals surface area contributed by atoms with Gasteiger partial charge in [-0.2, -0.15) is 4.72 Å². The highest BCUT2D eigenvalue weighted by atomic mass is 35.5. The molecule has 0 aliphatic rings. The van der Waals surface area contributed by atoms with Crippen LogP contribution in [0.1, 0.15) is 12.5 Å². The zero-order valence-corrected chi connectivity index (χ0v) is 15.3. The van der Waals surface area contributed by atoms with Crippen LogP contribution in [0.5, 0.6) is 0 Å². The highest BCUT2D eigenvalue weighted by Gasteiger charge is 2.22. The van der Waals surface area contributed by atoms with Crippen LogP contribution in [0, 0.1) is 6.92 Å². The average Bonchev–Trinajstić information content (AvgIpc) is 2.51. The molecule has 2 aromatic carbocycles. The van der Waals surface area contributed by atoms with Crippen molar-refractivity contribution >= 4 is 44.8 Å². The first kappa shape index (κ1) is 18.7. The summed E-state index contributed by atoms with van der Waals surface area (Å²) in [5.41, 5.74) is 1.26. The molecule has 1 atom stereocenters. The fourth-order valence-corrected chi connectivity index (χ4v) is 3.46. The fraction of sp³-hybridized carbons (Fsp3) is 0.188. The summed E-state index contributed by atoms with van der Waals surface area (Å²) in [6.07, 6.45) is 0. The smallest absolute Gasteiger partial charge is 0.242 e. The van der Waals surface area contributed by atoms with Crippen molar-refractivity contribution < 1.29 is 13.2 Å². The van der Waals surface area contributed by atoms with E-state index in [4.69, 9.17) is 23.2 Å². The van der Waals surface area contributed by atoms with E-state index in [2.05, 4.69) is 10.0 Å². The zero-order valence-electron chi connectivity index (χ0n) is 13.0. The van der Waals surface area contributed by atoms with Crippen molar-refractivity contribution in [3.63, 3.8) is 0 Å². The average molecular weight is 387 g/mol. The van der Waals surface area contributed by atoms with Gasteiger partial charge in [0.05, 0.1) is 26.7 Å². The van der Waals surface area contributed by atoms with E-state index in [1.54, 1.807) is 30.3 Å². The molecule has 0 saturated carbocycles. The van der Waals surface area contributed by atoms with E-state index in [1.807, 2.05) is 6.92 Å². The third kappa shape index (κ3) is 4.48. The van der Waals surface area contributed by atoms with Gasteiger partial charge in [-0.15, -0.1) is 0 Å². The fourth-order valence-electron chi connectivity index (χ4n) is 1.91. The van der Waals surface area contributed by atoms with Crippen molar-refractivity contribution in [1.82, 2.24) is 4.72 Å². The third-order valence-electron chi connectivity index (χ3n) is 3.27. The number of hydrogen-bond acceptors (Lipinski definition) is 3. The van der Waals surface area contributed by atoms with Gasteiger partial charge in [0.25, 0.3) is 0 Å². The molecule has 128 valence electrons. The Morgan fingerprint density at radius 2 is 1.71 bits per heavy atom. The molecule has 5 nitrogen and oxygen atoms in total. The maximum absolute atomic E-state index is 12.3. The Balaban J connectivity index is 2.11. The SMILES string of the molecule is Cc1ccc(S(=O)(=O)NC(C)C(=O)Nc2cccc(Cl)c2Cl)cc1. The van der Waals surface area contributed by atoms with E-state index in [9.17, 15) is 13.2 Å². The van der Waals surface area contributed by atoms with E-state index < -0.39 is 22.0 Å². The molecule has 2 aromatic rings. The summed E-state index contributed by atoms with van der Waals surface area (Å²) in [4.78, 5) is 12.3. The molecule has 0 bridgehead atoms. The number of rotatable bonds is 5. The summed E-state index contributed by atoms with van der Waals surface area (Å²) in [5.74, 6) is -0.546. The quantitative estimate of drug-likeness (QED) is 0.823. The van der Waals surface area contributed by atoms with E-state index in [-0.39, 0.29) is 9.92 Å². The minimum atomic E-state index is -3.80. The Labute approximate surface area is 151 Å². The van der Waals surface area contributed by atoms with Crippen molar-refractivity contribution in [2.45, 2.75) is 24.8 Å². The van der Waals surface area contributed by atoms with Gasteiger partial charge in [-0.3, -0.25) is 4.79 Å². The molecule has 8 heteroatoms. The second-order valence-electron chi connectivity index (χ2n) is 5.25. The van der Waals surface area contributed by atoms with Gasteiger partial charge in [0.15, 0.2) is 0 Å². The first-order valence-corrected chi connectivity index (χ1v) is 9.28. The Morgan fingerprint density at radius 1 is 1.08 bits per heavy atom. The molecule has 0 aliphatic carbocycles. The van der Waals surface area contributed by atoms with E-state index in [0.717, 1.165) is 5.56 Å². The molecule has 1 amide bonds. The number of nitrogens with one attached hydrogen (secondary N) is 2. The number of hydrogen-bond donors (Lipinski definition) is 2. The van der Waals surface area contributed by atoms with Gasteiger partial charge in [0, 0.05) is 0 Å². The number of halogens is 2. The number of aryl methyl sites for hydroxylation is 1. The molecule has 0 saturated heterocycles. The molecule has 0 aromatic heterocycles. The minimum absolute atomic E-state index is 0.0912. The molecule has 24 heavy (non-hydrogen) atoms. The second kappa shape index (κ2) is 7.53. The molecule has 0 spiro atoms. The van der Waals surface area contributed by atoms with Gasteiger partial charge in [-0.1, -0.05) is 47.0 Å². The predicted molar refractivity (Wildman–Crippen MR) is 96.1 cm³/mol. The van der Waals surface area contributed by atoms with Crippen molar-refractivity contribution in [3.8, 4) is 0 Å². The number of sulfonamides is 1. The van der Waals surface area contributed by atoms with Crippen LogP contribution in [-0.4, -0.2) is 20.4 Å². The Bertz CT molecular complexity index is 852. The first-order chi connectivity index (χ1) is 11.2. The van der Waals surface area contributed by atoms with Crippen molar-refractivity contribution in [2.75, 3.05) is 5.32 Å². The van der Waals surface area contributed by atoms with Crippen LogP contribution in [0.3, 0.4) is 0 Å². The number of carbonyl (C=O) groups is 1. The van der Waals surface area contributed by atoms with E-state index >= 15 is 0 Å². The Hall–Kier alpha value is -1.60. The summed E-state index contributed by atoms with van der Waals surface area (Å²) in [6, 6.07) is 10.1. The summed E-state index contributed by atoms with van der Waals surface area (Å²) < 4.78 is 26.9. The van der Waals surface area contributed by atoms with Gasteiger partial charge in [0.2, 0.25) is 15.9 Å². The molecule has 0 radical (unpaired) electrons. The van der Waals surface area contributed by atoms with Crippen LogP contribution >= 0.6 is 23.2 Å². The van der Waals surface area contributed by atoms with Crippen LogP contribution in [0.4, 0.5) is 5.69 Å². The number of carbonyl (C=O) groups excluding carboxylic acids is 1. The number of benzene rings is 2. The van der Waals surface area contributed by atoms with Crippen molar-refractivity contribution in [3.05, 3.63) is 58.1 Å². The Kier molecular flexibility index (Phi) is 5.87. The summed E-state index contributed by atoms with van der Waals surface area (Å²) in [5, 5.41) is 3.04.